The molecule has 0 unspecified atom stereocenters. The van der Waals surface area contributed by atoms with Gasteiger partial charge in [-0.15, -0.1) is 5.10 Å². The van der Waals surface area contributed by atoms with E-state index < -0.39 is 5.82 Å². The van der Waals surface area contributed by atoms with E-state index in [4.69, 9.17) is 16.0 Å². The molecular formula is C8H3BrClFN2O. The molecule has 2 rings (SSSR count). The van der Waals surface area contributed by atoms with Gasteiger partial charge in [-0.25, -0.2) is 4.39 Å². The van der Waals surface area contributed by atoms with Crippen molar-refractivity contribution < 1.29 is 8.81 Å². The fraction of sp³-hybridized carbons (Fsp3) is 0. The number of hydrogen-bond donors (Lipinski definition) is 0. The molecule has 3 nitrogen and oxygen atoms in total. The van der Waals surface area contributed by atoms with Crippen LogP contribution in [0.1, 0.15) is 0 Å². The Balaban J connectivity index is 2.57. The van der Waals surface area contributed by atoms with Crippen LogP contribution < -0.4 is 0 Å². The molecule has 0 atom stereocenters. The molecule has 14 heavy (non-hydrogen) atoms. The Hall–Kier alpha value is -0.940. The molecule has 0 amide bonds. The van der Waals surface area contributed by atoms with E-state index in [1.165, 1.54) is 6.07 Å². The first kappa shape index (κ1) is 9.61. The summed E-state index contributed by atoms with van der Waals surface area (Å²) in [6.07, 6.45) is 0. The second-order valence-electron chi connectivity index (χ2n) is 2.46. The first-order valence-corrected chi connectivity index (χ1v) is 4.79. The van der Waals surface area contributed by atoms with Crippen molar-refractivity contribution in [2.75, 3.05) is 0 Å². The minimum absolute atomic E-state index is 0.0730. The van der Waals surface area contributed by atoms with Crippen LogP contribution in [0.2, 0.25) is 5.35 Å². The topological polar surface area (TPSA) is 38.9 Å². The molecule has 1 aromatic heterocycles. The summed E-state index contributed by atoms with van der Waals surface area (Å²) in [6.45, 7) is 0. The molecule has 0 aliphatic rings. The summed E-state index contributed by atoms with van der Waals surface area (Å²) in [4.78, 5) is 0. The van der Waals surface area contributed by atoms with Gasteiger partial charge in [0.05, 0.1) is 10.0 Å². The summed E-state index contributed by atoms with van der Waals surface area (Å²) in [7, 11) is 0. The Bertz CT molecular complexity index is 474. The molecule has 0 aliphatic carbocycles. The normalized spacial score (nSPS) is 10.5. The molecular weight excluding hydrogens is 274 g/mol. The predicted octanol–water partition coefficient (Wildman–Crippen LogP) is 3.29. The van der Waals surface area contributed by atoms with Crippen LogP contribution in [0.3, 0.4) is 0 Å². The Morgan fingerprint density at radius 1 is 1.36 bits per heavy atom. The predicted molar refractivity (Wildman–Crippen MR) is 52.4 cm³/mol. The lowest BCUT2D eigenvalue weighted by Gasteiger charge is -1.98. The molecule has 6 heteroatoms. The van der Waals surface area contributed by atoms with Crippen molar-refractivity contribution >= 4 is 27.5 Å². The molecule has 0 aliphatic heterocycles. The Kier molecular flexibility index (Phi) is 2.52. The molecule has 0 bridgehead atoms. The van der Waals surface area contributed by atoms with Gasteiger partial charge >= 0.3 is 5.35 Å². The van der Waals surface area contributed by atoms with Gasteiger partial charge in [-0.05, 0) is 39.7 Å². The minimum atomic E-state index is -0.392. The average Bonchev–Trinajstić information content (AvgIpc) is 2.57. The number of rotatable bonds is 1. The third kappa shape index (κ3) is 1.65. The van der Waals surface area contributed by atoms with E-state index in [1.807, 2.05) is 0 Å². The highest BCUT2D eigenvalue weighted by Crippen LogP contribution is 2.29. The highest BCUT2D eigenvalue weighted by atomic mass is 79.9. The van der Waals surface area contributed by atoms with Gasteiger partial charge < -0.3 is 4.42 Å². The maximum atomic E-state index is 13.1. The number of halogens is 3. The van der Waals surface area contributed by atoms with E-state index in [9.17, 15) is 4.39 Å². The highest BCUT2D eigenvalue weighted by molar-refractivity contribution is 9.10. The fourth-order valence-electron chi connectivity index (χ4n) is 0.983. The smallest absolute Gasteiger partial charge is 0.313 e. The molecule has 0 saturated carbocycles. The van der Waals surface area contributed by atoms with Gasteiger partial charge in [-0.2, -0.15) is 0 Å². The zero-order valence-electron chi connectivity index (χ0n) is 6.67. The van der Waals surface area contributed by atoms with Crippen molar-refractivity contribution in [1.82, 2.24) is 10.2 Å². The van der Waals surface area contributed by atoms with E-state index in [0.29, 0.717) is 5.56 Å². The van der Waals surface area contributed by atoms with Crippen molar-refractivity contribution in [2.24, 2.45) is 0 Å². The lowest BCUT2D eigenvalue weighted by molar-refractivity contribution is 0.568. The van der Waals surface area contributed by atoms with Crippen molar-refractivity contribution in [3.05, 3.63) is 33.8 Å². The fourth-order valence-corrected chi connectivity index (χ4v) is 1.53. The third-order valence-electron chi connectivity index (χ3n) is 1.58. The summed E-state index contributed by atoms with van der Waals surface area (Å²) in [5, 5.41) is 7.04. The SMILES string of the molecule is Fc1cccc(-c2nnc(Cl)o2)c1Br. The number of benzene rings is 1. The molecule has 0 spiro atoms. The monoisotopic (exact) mass is 276 g/mol. The van der Waals surface area contributed by atoms with E-state index in [-0.39, 0.29) is 15.7 Å². The van der Waals surface area contributed by atoms with Crippen LogP contribution in [-0.2, 0) is 0 Å². The first-order valence-electron chi connectivity index (χ1n) is 3.62. The van der Waals surface area contributed by atoms with E-state index in [0.717, 1.165) is 0 Å². The maximum absolute atomic E-state index is 13.1. The van der Waals surface area contributed by atoms with Crippen LogP contribution in [0.5, 0.6) is 0 Å². The van der Waals surface area contributed by atoms with Gasteiger partial charge in [0.1, 0.15) is 5.82 Å². The van der Waals surface area contributed by atoms with Gasteiger partial charge in [0.25, 0.3) is 0 Å². The maximum Gasteiger partial charge on any atom is 0.313 e. The van der Waals surface area contributed by atoms with Crippen molar-refractivity contribution in [1.29, 1.82) is 0 Å². The van der Waals surface area contributed by atoms with Crippen LogP contribution in [-0.4, -0.2) is 10.2 Å². The van der Waals surface area contributed by atoms with Crippen molar-refractivity contribution in [3.8, 4) is 11.5 Å². The van der Waals surface area contributed by atoms with Crippen LogP contribution in [0.4, 0.5) is 4.39 Å². The van der Waals surface area contributed by atoms with Gasteiger partial charge in [0.2, 0.25) is 5.89 Å². The first-order chi connectivity index (χ1) is 6.68. The lowest BCUT2D eigenvalue weighted by atomic mass is 10.2. The molecule has 0 radical (unpaired) electrons. The van der Waals surface area contributed by atoms with Crippen LogP contribution >= 0.6 is 27.5 Å². The summed E-state index contributed by atoms with van der Waals surface area (Å²) in [6, 6.07) is 4.52. The second-order valence-corrected chi connectivity index (χ2v) is 3.58. The summed E-state index contributed by atoms with van der Waals surface area (Å²) < 4.78 is 18.3. The third-order valence-corrected chi connectivity index (χ3v) is 2.54. The van der Waals surface area contributed by atoms with E-state index >= 15 is 0 Å². The molecule has 1 heterocycles. The summed E-state index contributed by atoms with van der Waals surface area (Å²) in [5.41, 5.74) is 0.476. The van der Waals surface area contributed by atoms with E-state index in [1.54, 1.807) is 12.1 Å². The number of nitrogens with zero attached hydrogens (tertiary/aromatic N) is 2. The van der Waals surface area contributed by atoms with Gasteiger partial charge in [-0.1, -0.05) is 11.2 Å². The van der Waals surface area contributed by atoms with Gasteiger partial charge in [-0.3, -0.25) is 0 Å². The summed E-state index contributed by atoms with van der Waals surface area (Å²) >= 11 is 8.53. The van der Waals surface area contributed by atoms with Crippen LogP contribution in [0, 0.1) is 5.82 Å². The second kappa shape index (κ2) is 3.67. The molecule has 2 aromatic rings. The van der Waals surface area contributed by atoms with E-state index in [2.05, 4.69) is 26.1 Å². The van der Waals surface area contributed by atoms with Crippen LogP contribution in [0.15, 0.2) is 27.1 Å². The highest BCUT2D eigenvalue weighted by Gasteiger charge is 2.12. The standard InChI is InChI=1S/C8H3BrClFN2O/c9-6-4(2-1-3-5(6)11)7-12-13-8(10)14-7/h1-3H. The van der Waals surface area contributed by atoms with Gasteiger partial charge in [0, 0.05) is 0 Å². The lowest BCUT2D eigenvalue weighted by Crippen LogP contribution is -1.83. The quantitative estimate of drug-likeness (QED) is 0.803. The van der Waals surface area contributed by atoms with Crippen molar-refractivity contribution in [3.63, 3.8) is 0 Å². The Morgan fingerprint density at radius 3 is 2.79 bits per heavy atom. The Labute approximate surface area is 92.0 Å². The molecule has 0 fully saturated rings. The average molecular weight is 277 g/mol. The Morgan fingerprint density at radius 2 is 2.14 bits per heavy atom. The molecule has 0 saturated heterocycles. The molecule has 1 aromatic carbocycles. The zero-order valence-corrected chi connectivity index (χ0v) is 9.01. The number of aromatic nitrogens is 2. The van der Waals surface area contributed by atoms with Gasteiger partial charge in [0.15, 0.2) is 0 Å². The zero-order chi connectivity index (χ0) is 10.1. The molecule has 0 N–H and O–H groups in total. The molecule has 72 valence electrons. The largest absolute Gasteiger partial charge is 0.407 e. The summed E-state index contributed by atoms with van der Waals surface area (Å²) in [5.74, 6) is -0.210. The van der Waals surface area contributed by atoms with Crippen LogP contribution in [0.25, 0.3) is 11.5 Å². The van der Waals surface area contributed by atoms with Crippen molar-refractivity contribution in [2.45, 2.75) is 0 Å². The minimum Gasteiger partial charge on any atom is -0.407 e. The number of hydrogen-bond acceptors (Lipinski definition) is 3.